The van der Waals surface area contributed by atoms with Crippen molar-refractivity contribution in [2.75, 3.05) is 18.0 Å². The molecule has 3 aromatic rings. The number of nitrogens with zero attached hydrogens (tertiary/aromatic N) is 3. The van der Waals surface area contributed by atoms with Gasteiger partial charge in [-0.2, -0.15) is 0 Å². The van der Waals surface area contributed by atoms with Crippen molar-refractivity contribution in [1.29, 1.82) is 0 Å². The summed E-state index contributed by atoms with van der Waals surface area (Å²) in [5, 5.41) is 9.17. The van der Waals surface area contributed by atoms with Crippen molar-refractivity contribution in [3.05, 3.63) is 77.7 Å². The average Bonchev–Trinajstić information content (AvgIpc) is 3.24. The highest BCUT2D eigenvalue weighted by Crippen LogP contribution is 2.27. The average molecular weight is 399 g/mol. The molecule has 30 heavy (non-hydrogen) atoms. The summed E-state index contributed by atoms with van der Waals surface area (Å²) in [6, 6.07) is 13.2. The number of hydrogen-bond donors (Lipinski definition) is 3. The summed E-state index contributed by atoms with van der Waals surface area (Å²) >= 11 is 0. The van der Waals surface area contributed by atoms with Gasteiger partial charge in [-0.25, -0.2) is 10.5 Å². The number of carbonyl (C=O) groups excluding carboxylic acids is 1. The molecular weight excluding hydrogens is 378 g/mol. The molecule has 1 fully saturated rings. The van der Waals surface area contributed by atoms with Crippen LogP contribution in [0.4, 0.5) is 5.82 Å². The summed E-state index contributed by atoms with van der Waals surface area (Å²) in [5.41, 5.74) is 11.4. The largest absolute Gasteiger partial charge is 0.354 e. The number of benzene rings is 1. The van der Waals surface area contributed by atoms with Crippen molar-refractivity contribution in [2.24, 2.45) is 5.73 Å². The summed E-state index contributed by atoms with van der Waals surface area (Å²) in [5.74, 6) is 6.11. The molecule has 7 heteroatoms. The van der Waals surface area contributed by atoms with Gasteiger partial charge in [-0.05, 0) is 42.3 Å². The van der Waals surface area contributed by atoms with Gasteiger partial charge >= 0.3 is 0 Å². The van der Waals surface area contributed by atoms with Crippen LogP contribution in [0.25, 0.3) is 11.1 Å². The van der Waals surface area contributed by atoms with E-state index in [1.54, 1.807) is 30.1 Å². The Balaban J connectivity index is 1.60. The van der Waals surface area contributed by atoms with E-state index in [1.165, 1.54) is 0 Å². The van der Waals surface area contributed by atoms with E-state index in [4.69, 9.17) is 10.9 Å². The van der Waals surface area contributed by atoms with Gasteiger partial charge in [-0.3, -0.25) is 15.0 Å². The molecule has 1 atom stereocenters. The second-order valence-corrected chi connectivity index (χ2v) is 7.10. The first-order valence-corrected chi connectivity index (χ1v) is 9.61. The van der Waals surface area contributed by atoms with Crippen LogP contribution in [-0.2, 0) is 0 Å². The molecule has 1 amide bonds. The van der Waals surface area contributed by atoms with Crippen LogP contribution in [0.1, 0.15) is 27.9 Å². The standard InChI is InChI=1S/C23H21N5O2/c24-20-9-11-28(15-20)22-21(23(29)27-30)12-19(14-26-22)18-7-5-16(6-8-18)3-4-17-2-1-10-25-13-17/h1-2,5-8,10,12-14,20,30H,9,11,15,24H2,(H,27,29). The lowest BCUT2D eigenvalue weighted by atomic mass is 10.0. The maximum absolute atomic E-state index is 12.2. The van der Waals surface area contributed by atoms with E-state index in [-0.39, 0.29) is 6.04 Å². The van der Waals surface area contributed by atoms with E-state index in [0.29, 0.717) is 17.9 Å². The van der Waals surface area contributed by atoms with Gasteiger partial charge in [0.25, 0.3) is 5.91 Å². The number of carbonyl (C=O) groups is 1. The summed E-state index contributed by atoms with van der Waals surface area (Å²) in [6.07, 6.45) is 5.99. The predicted octanol–water partition coefficient (Wildman–Crippen LogP) is 2.20. The number of pyridine rings is 2. The highest BCUT2D eigenvalue weighted by atomic mass is 16.5. The fourth-order valence-electron chi connectivity index (χ4n) is 3.40. The molecule has 0 radical (unpaired) electrons. The molecule has 4 N–H and O–H groups in total. The summed E-state index contributed by atoms with van der Waals surface area (Å²) in [7, 11) is 0. The Bertz CT molecular complexity index is 1100. The maximum Gasteiger partial charge on any atom is 0.278 e. The zero-order chi connectivity index (χ0) is 20.9. The molecule has 0 bridgehead atoms. The fourth-order valence-corrected chi connectivity index (χ4v) is 3.40. The van der Waals surface area contributed by atoms with Crippen LogP contribution < -0.4 is 16.1 Å². The number of nitrogens with one attached hydrogen (secondary N) is 1. The first kappa shape index (κ1) is 19.6. The minimum atomic E-state index is -0.598. The Morgan fingerprint density at radius 2 is 1.93 bits per heavy atom. The van der Waals surface area contributed by atoms with Gasteiger partial charge in [0.1, 0.15) is 5.82 Å². The van der Waals surface area contributed by atoms with Crippen LogP contribution >= 0.6 is 0 Å². The number of aromatic nitrogens is 2. The lowest BCUT2D eigenvalue weighted by Crippen LogP contribution is -2.30. The smallest absolute Gasteiger partial charge is 0.278 e. The van der Waals surface area contributed by atoms with Gasteiger partial charge in [0.05, 0.1) is 5.56 Å². The van der Waals surface area contributed by atoms with Gasteiger partial charge in [0, 0.05) is 54.4 Å². The SMILES string of the molecule is NC1CCN(c2ncc(-c3ccc(C#Cc4cccnc4)cc3)cc2C(=O)NO)C1. The molecule has 1 aromatic carbocycles. The number of anilines is 1. The van der Waals surface area contributed by atoms with E-state index in [9.17, 15) is 4.79 Å². The highest BCUT2D eigenvalue weighted by Gasteiger charge is 2.25. The molecule has 7 nitrogen and oxygen atoms in total. The number of rotatable bonds is 3. The molecule has 150 valence electrons. The summed E-state index contributed by atoms with van der Waals surface area (Å²) < 4.78 is 0. The van der Waals surface area contributed by atoms with E-state index in [0.717, 1.165) is 35.2 Å². The van der Waals surface area contributed by atoms with Crippen LogP contribution in [0.15, 0.2) is 61.1 Å². The minimum absolute atomic E-state index is 0.0526. The molecule has 1 saturated heterocycles. The van der Waals surface area contributed by atoms with Crippen LogP contribution in [-0.4, -0.2) is 40.2 Å². The van der Waals surface area contributed by atoms with Crippen LogP contribution in [0.5, 0.6) is 0 Å². The van der Waals surface area contributed by atoms with Gasteiger partial charge < -0.3 is 10.6 Å². The third-order valence-electron chi connectivity index (χ3n) is 4.97. The lowest BCUT2D eigenvalue weighted by molar-refractivity contribution is 0.0706. The second kappa shape index (κ2) is 8.74. The number of hydroxylamine groups is 1. The molecular formula is C23H21N5O2. The normalized spacial score (nSPS) is 15.4. The Morgan fingerprint density at radius 1 is 1.13 bits per heavy atom. The number of amides is 1. The van der Waals surface area contributed by atoms with E-state index >= 15 is 0 Å². The highest BCUT2D eigenvalue weighted by molar-refractivity contribution is 5.99. The third-order valence-corrected chi connectivity index (χ3v) is 4.97. The molecule has 4 rings (SSSR count). The van der Waals surface area contributed by atoms with Crippen LogP contribution in [0.2, 0.25) is 0 Å². The van der Waals surface area contributed by atoms with Crippen molar-refractivity contribution >= 4 is 11.7 Å². The van der Waals surface area contributed by atoms with E-state index < -0.39 is 5.91 Å². The Hall–Kier alpha value is -3.73. The zero-order valence-corrected chi connectivity index (χ0v) is 16.2. The van der Waals surface area contributed by atoms with Gasteiger partial charge in [0.15, 0.2) is 0 Å². The maximum atomic E-state index is 12.2. The number of nitrogens with two attached hydrogens (primary N) is 1. The molecule has 0 spiro atoms. The van der Waals surface area contributed by atoms with Gasteiger partial charge in [-0.1, -0.05) is 24.0 Å². The number of hydrogen-bond acceptors (Lipinski definition) is 6. The monoisotopic (exact) mass is 399 g/mol. The molecule has 1 aliphatic heterocycles. The minimum Gasteiger partial charge on any atom is -0.354 e. The molecule has 3 heterocycles. The third kappa shape index (κ3) is 4.30. The molecule has 0 aliphatic carbocycles. The van der Waals surface area contributed by atoms with Gasteiger partial charge in [0.2, 0.25) is 0 Å². The molecule has 1 unspecified atom stereocenters. The lowest BCUT2D eigenvalue weighted by Gasteiger charge is -2.20. The summed E-state index contributed by atoms with van der Waals surface area (Å²) in [6.45, 7) is 1.35. The second-order valence-electron chi connectivity index (χ2n) is 7.10. The van der Waals surface area contributed by atoms with Crippen molar-refractivity contribution < 1.29 is 10.0 Å². The Kier molecular flexibility index (Phi) is 5.70. The Morgan fingerprint density at radius 3 is 2.60 bits per heavy atom. The zero-order valence-electron chi connectivity index (χ0n) is 16.2. The van der Waals surface area contributed by atoms with Crippen molar-refractivity contribution in [2.45, 2.75) is 12.5 Å². The first-order valence-electron chi connectivity index (χ1n) is 9.61. The van der Waals surface area contributed by atoms with Gasteiger partial charge in [-0.15, -0.1) is 0 Å². The van der Waals surface area contributed by atoms with Crippen molar-refractivity contribution in [1.82, 2.24) is 15.4 Å². The molecule has 0 saturated carbocycles. The summed E-state index contributed by atoms with van der Waals surface area (Å²) in [4.78, 5) is 22.8. The van der Waals surface area contributed by atoms with Crippen molar-refractivity contribution in [3.63, 3.8) is 0 Å². The van der Waals surface area contributed by atoms with Crippen LogP contribution in [0.3, 0.4) is 0 Å². The van der Waals surface area contributed by atoms with E-state index in [1.807, 2.05) is 41.3 Å². The topological polar surface area (TPSA) is 104 Å². The molecule has 2 aromatic heterocycles. The predicted molar refractivity (Wildman–Crippen MR) is 114 cm³/mol. The first-order chi connectivity index (χ1) is 14.6. The Labute approximate surface area is 174 Å². The van der Waals surface area contributed by atoms with Crippen LogP contribution in [0, 0.1) is 11.8 Å². The fraction of sp³-hybridized carbons (Fsp3) is 0.174. The van der Waals surface area contributed by atoms with Crippen molar-refractivity contribution in [3.8, 4) is 23.0 Å². The van der Waals surface area contributed by atoms with E-state index in [2.05, 4.69) is 21.8 Å². The quantitative estimate of drug-likeness (QED) is 0.354. The molecule has 1 aliphatic rings.